The summed E-state index contributed by atoms with van der Waals surface area (Å²) in [4.78, 5) is 0. The van der Waals surface area contributed by atoms with E-state index in [9.17, 15) is 0 Å². The van der Waals surface area contributed by atoms with Crippen LogP contribution >= 0.6 is 0 Å². The second kappa shape index (κ2) is 11.9. The van der Waals surface area contributed by atoms with E-state index < -0.39 is 14.5 Å². The average Bonchev–Trinajstić information content (AvgIpc) is 3.07. The van der Waals surface area contributed by atoms with Crippen molar-refractivity contribution in [2.45, 2.75) is 56.2 Å². The molecule has 0 atom stereocenters. The molecule has 1 nitrogen and oxygen atoms in total. The van der Waals surface area contributed by atoms with E-state index >= 15 is 0 Å². The molecule has 0 aromatic heterocycles. The molecule has 3 rings (SSSR count). The van der Waals surface area contributed by atoms with Crippen LogP contribution in [0.3, 0.4) is 0 Å². The number of rotatable bonds is 0. The third-order valence-corrected chi connectivity index (χ3v) is 5.34. The Morgan fingerprint density at radius 1 is 1.05 bits per heavy atom. The van der Waals surface area contributed by atoms with Crippen molar-refractivity contribution >= 4 is 14.5 Å². The van der Waals surface area contributed by atoms with Gasteiger partial charge < -0.3 is 3.79 Å². The van der Waals surface area contributed by atoms with Crippen LogP contribution in [0.2, 0.25) is 11.1 Å². The summed E-state index contributed by atoms with van der Waals surface area (Å²) in [6, 6.07) is 0. The molecule has 3 heteroatoms. The van der Waals surface area contributed by atoms with Crippen molar-refractivity contribution < 1.29 is 30.0 Å². The Morgan fingerprint density at radius 2 is 1.60 bits per heavy atom. The minimum Gasteiger partial charge on any atom is -0.496 e. The summed E-state index contributed by atoms with van der Waals surface area (Å²) in [7, 11) is 0. The Bertz CT molecular complexity index is 314. The minimum atomic E-state index is -0.720. The van der Waals surface area contributed by atoms with Gasteiger partial charge >= 0.3 is 40.7 Å². The van der Waals surface area contributed by atoms with Gasteiger partial charge in [-0.1, -0.05) is 17.5 Å². The SMILES string of the molecule is [C-]1=CC=CC1.[C-]1=CC=CC1.[CH3][Al]1[CH2]CCC(C)(C)[O]1.[Zr+2]. The molecule has 0 aromatic rings. The Morgan fingerprint density at radius 3 is 1.80 bits per heavy atom. The smallest absolute Gasteiger partial charge is 0.496 e. The predicted octanol–water partition coefficient (Wildman–Crippen LogP) is 4.81. The van der Waals surface area contributed by atoms with Gasteiger partial charge in [-0.3, -0.25) is 12.2 Å². The van der Waals surface area contributed by atoms with Gasteiger partial charge in [-0.2, -0.15) is 12.2 Å². The van der Waals surface area contributed by atoms with Gasteiger partial charge in [0.05, 0.1) is 0 Å². The van der Waals surface area contributed by atoms with E-state index in [0.29, 0.717) is 0 Å². The van der Waals surface area contributed by atoms with Crippen LogP contribution < -0.4 is 0 Å². The van der Waals surface area contributed by atoms with Gasteiger partial charge in [-0.25, -0.2) is 24.3 Å². The monoisotopic (exact) mass is 362 g/mol. The van der Waals surface area contributed by atoms with Gasteiger partial charge in [0.15, 0.2) is 0 Å². The number of allylic oxidation sites excluding steroid dienone is 8. The van der Waals surface area contributed by atoms with Gasteiger partial charge in [-0.15, -0.1) is 12.8 Å². The van der Waals surface area contributed by atoms with Crippen molar-refractivity contribution in [2.24, 2.45) is 0 Å². The van der Waals surface area contributed by atoms with E-state index in [2.05, 4.69) is 43.9 Å². The molecule has 0 bridgehead atoms. The molecule has 1 heterocycles. The van der Waals surface area contributed by atoms with Gasteiger partial charge in [0.1, 0.15) is 0 Å². The summed E-state index contributed by atoms with van der Waals surface area (Å²) in [6.07, 6.45) is 22.6. The first-order chi connectivity index (χ1) is 9.10. The molecule has 0 unspecified atom stereocenters. The Kier molecular flexibility index (Phi) is 12.1. The second-order valence-corrected chi connectivity index (χ2v) is 8.02. The predicted molar refractivity (Wildman–Crippen MR) is 84.0 cm³/mol. The first-order valence-corrected chi connectivity index (χ1v) is 9.66. The number of hydrogen-bond acceptors (Lipinski definition) is 1. The van der Waals surface area contributed by atoms with Crippen LogP contribution in [0.1, 0.15) is 39.5 Å². The fourth-order valence-corrected chi connectivity index (χ4v) is 4.26. The van der Waals surface area contributed by atoms with E-state index in [-0.39, 0.29) is 31.8 Å². The zero-order valence-corrected chi connectivity index (χ0v) is 16.6. The molecular formula is C17H25AlOZr. The molecule has 0 saturated carbocycles. The molecule has 106 valence electrons. The molecule has 2 aliphatic carbocycles. The summed E-state index contributed by atoms with van der Waals surface area (Å²) in [5, 5.41) is 1.38. The number of hydrogen-bond donors (Lipinski definition) is 0. The van der Waals surface area contributed by atoms with Crippen LogP contribution in [0, 0.1) is 12.2 Å². The molecule has 0 amide bonds. The summed E-state index contributed by atoms with van der Waals surface area (Å²) < 4.78 is 5.81. The van der Waals surface area contributed by atoms with Crippen molar-refractivity contribution in [3.05, 3.63) is 48.6 Å². The maximum absolute atomic E-state index is 5.81. The van der Waals surface area contributed by atoms with Crippen molar-refractivity contribution in [1.29, 1.82) is 0 Å². The van der Waals surface area contributed by atoms with Crippen LogP contribution in [0.5, 0.6) is 0 Å². The van der Waals surface area contributed by atoms with Crippen molar-refractivity contribution in [3.63, 3.8) is 0 Å². The Balaban J connectivity index is 0.000000282. The van der Waals surface area contributed by atoms with Crippen molar-refractivity contribution in [3.8, 4) is 0 Å². The Hall–Kier alpha value is 0.336. The first kappa shape index (κ1) is 20.3. The molecule has 1 fully saturated rings. The molecule has 1 saturated heterocycles. The molecular weight excluding hydrogens is 338 g/mol. The fraction of sp³-hybridized carbons (Fsp3) is 0.529. The zero-order valence-electron chi connectivity index (χ0n) is 13.0. The molecule has 3 aliphatic rings. The van der Waals surface area contributed by atoms with Crippen LogP contribution in [-0.4, -0.2) is 20.1 Å². The first-order valence-electron chi connectivity index (χ1n) is 7.21. The molecule has 1 aliphatic heterocycles. The Labute approximate surface area is 148 Å². The van der Waals surface area contributed by atoms with Gasteiger partial charge in [0.2, 0.25) is 0 Å². The maximum Gasteiger partial charge on any atom is 2.00 e. The molecule has 0 spiro atoms. The molecule has 20 heavy (non-hydrogen) atoms. The van der Waals surface area contributed by atoms with Crippen LogP contribution in [-0.2, 0) is 30.0 Å². The van der Waals surface area contributed by atoms with E-state index in [4.69, 9.17) is 3.79 Å². The second-order valence-electron chi connectivity index (χ2n) is 5.59. The maximum atomic E-state index is 5.81. The third-order valence-electron chi connectivity index (χ3n) is 3.08. The fourth-order valence-electron chi connectivity index (χ4n) is 2.16. The van der Waals surface area contributed by atoms with Crippen LogP contribution in [0.4, 0.5) is 0 Å². The molecule has 0 N–H and O–H groups in total. The summed E-state index contributed by atoms with van der Waals surface area (Å²) in [5.41, 5.74) is 0.212. The third kappa shape index (κ3) is 11.0. The summed E-state index contributed by atoms with van der Waals surface area (Å²) >= 11 is -0.720. The van der Waals surface area contributed by atoms with E-state index in [1.165, 1.54) is 18.1 Å². The summed E-state index contributed by atoms with van der Waals surface area (Å²) in [6.45, 7) is 4.41. The van der Waals surface area contributed by atoms with E-state index in [1.54, 1.807) is 0 Å². The molecule has 0 aromatic carbocycles. The van der Waals surface area contributed by atoms with Crippen LogP contribution in [0.25, 0.3) is 0 Å². The molecule has 0 radical (unpaired) electrons. The van der Waals surface area contributed by atoms with Crippen molar-refractivity contribution in [1.82, 2.24) is 0 Å². The van der Waals surface area contributed by atoms with Gasteiger partial charge in [0, 0.05) is 5.60 Å². The van der Waals surface area contributed by atoms with E-state index in [1.807, 2.05) is 24.3 Å². The normalized spacial score (nSPS) is 20.6. The van der Waals surface area contributed by atoms with Crippen LogP contribution in [0.15, 0.2) is 36.5 Å². The topological polar surface area (TPSA) is 9.23 Å². The van der Waals surface area contributed by atoms with E-state index in [0.717, 1.165) is 12.8 Å². The van der Waals surface area contributed by atoms with Gasteiger partial charge in [-0.05, 0) is 20.3 Å². The quantitative estimate of drug-likeness (QED) is 0.443. The summed E-state index contributed by atoms with van der Waals surface area (Å²) in [5.74, 6) is 2.29. The zero-order chi connectivity index (χ0) is 14.0. The minimum absolute atomic E-state index is 0. The standard InChI is InChI=1S/C6H12O.2C5H5.CH3.Al.Zr/c1-4-5-6(2,3)7;2*1-2-4-5-3-1;;;/h1,4-5H2,2-3H3;2*1-3H,4H2;1H3;;/q3*-1;;+1;+2. The van der Waals surface area contributed by atoms with Crippen molar-refractivity contribution in [2.75, 3.05) is 0 Å². The van der Waals surface area contributed by atoms with Gasteiger partial charge in [0.25, 0.3) is 0 Å². The average molecular weight is 364 g/mol. The largest absolute Gasteiger partial charge is 2.00 e.